The second-order valence-corrected chi connectivity index (χ2v) is 6.62. The van der Waals surface area contributed by atoms with Gasteiger partial charge in [0.1, 0.15) is 0 Å². The third-order valence-electron chi connectivity index (χ3n) is 4.68. The quantitative estimate of drug-likeness (QED) is 0.500. The molecule has 0 radical (unpaired) electrons. The van der Waals surface area contributed by atoms with Gasteiger partial charge in [0.05, 0.1) is 19.3 Å². The summed E-state index contributed by atoms with van der Waals surface area (Å²) in [5.74, 6) is -6.09. The molecule has 2 aromatic rings. The van der Waals surface area contributed by atoms with Crippen molar-refractivity contribution in [1.82, 2.24) is 0 Å². The number of hydrogen-bond donors (Lipinski definition) is 0. The van der Waals surface area contributed by atoms with Crippen LogP contribution < -0.4 is 4.74 Å². The van der Waals surface area contributed by atoms with E-state index < -0.39 is 40.9 Å². The summed E-state index contributed by atoms with van der Waals surface area (Å²) in [6.07, 6.45) is 0.944. The van der Waals surface area contributed by atoms with Crippen LogP contribution in [0.1, 0.15) is 37.0 Å². The van der Waals surface area contributed by atoms with Crippen molar-refractivity contribution in [3.8, 4) is 5.75 Å². The molecule has 0 amide bonds. The van der Waals surface area contributed by atoms with E-state index in [1.54, 1.807) is 6.92 Å². The van der Waals surface area contributed by atoms with E-state index in [4.69, 9.17) is 9.47 Å². The van der Waals surface area contributed by atoms with E-state index in [1.165, 1.54) is 12.1 Å². The molecule has 1 fully saturated rings. The predicted octanol–water partition coefficient (Wildman–Crippen LogP) is 5.49. The fraction of sp³-hybridized carbons (Fsp3) is 0.400. The highest BCUT2D eigenvalue weighted by Crippen LogP contribution is 2.33. The molecule has 0 saturated carbocycles. The van der Waals surface area contributed by atoms with Gasteiger partial charge in [0.15, 0.2) is 34.8 Å². The Morgan fingerprint density at radius 3 is 2.07 bits per heavy atom. The second-order valence-electron chi connectivity index (χ2n) is 6.62. The van der Waals surface area contributed by atoms with Gasteiger partial charge in [-0.1, -0.05) is 6.92 Å². The Morgan fingerprint density at radius 2 is 1.56 bits per heavy atom. The summed E-state index contributed by atoms with van der Waals surface area (Å²) >= 11 is 0. The Hall–Kier alpha value is -2.15. The number of halogens is 5. The molecule has 7 heteroatoms. The summed E-state index contributed by atoms with van der Waals surface area (Å²) in [5, 5.41) is 0. The maximum Gasteiger partial charge on any atom is 0.194 e. The SMILES string of the molecule is CCc1cc(F)c(OCC2CCC(c3cc(F)c(F)c(F)c3)OC2)c(F)c1. The van der Waals surface area contributed by atoms with Crippen LogP contribution >= 0.6 is 0 Å². The Labute approximate surface area is 153 Å². The highest BCUT2D eigenvalue weighted by Gasteiger charge is 2.26. The molecule has 3 rings (SSSR count). The summed E-state index contributed by atoms with van der Waals surface area (Å²) in [7, 11) is 0. The van der Waals surface area contributed by atoms with E-state index in [0.29, 0.717) is 24.8 Å². The molecular formula is C20H19F5O2. The van der Waals surface area contributed by atoms with Gasteiger partial charge in [-0.15, -0.1) is 0 Å². The van der Waals surface area contributed by atoms with Crippen LogP contribution in [0.2, 0.25) is 0 Å². The third kappa shape index (κ3) is 4.40. The van der Waals surface area contributed by atoms with Gasteiger partial charge >= 0.3 is 0 Å². The topological polar surface area (TPSA) is 18.5 Å². The minimum absolute atomic E-state index is 0.0537. The lowest BCUT2D eigenvalue weighted by atomic mass is 9.95. The van der Waals surface area contributed by atoms with E-state index >= 15 is 0 Å². The van der Waals surface area contributed by atoms with Crippen LogP contribution in [-0.2, 0) is 11.2 Å². The van der Waals surface area contributed by atoms with Crippen LogP contribution in [0.5, 0.6) is 5.75 Å². The molecule has 0 aromatic heterocycles. The number of rotatable bonds is 5. The Morgan fingerprint density at radius 1 is 0.926 bits per heavy atom. The molecule has 0 bridgehead atoms. The minimum Gasteiger partial charge on any atom is -0.487 e. The molecule has 0 N–H and O–H groups in total. The maximum atomic E-state index is 13.9. The van der Waals surface area contributed by atoms with Gasteiger partial charge in [0, 0.05) is 5.92 Å². The van der Waals surface area contributed by atoms with Crippen molar-refractivity contribution in [2.45, 2.75) is 32.3 Å². The average Bonchev–Trinajstić information content (AvgIpc) is 2.65. The zero-order valence-electron chi connectivity index (χ0n) is 14.7. The number of benzene rings is 2. The van der Waals surface area contributed by atoms with Crippen molar-refractivity contribution < 1.29 is 31.4 Å². The van der Waals surface area contributed by atoms with Crippen molar-refractivity contribution in [1.29, 1.82) is 0 Å². The molecule has 2 aromatic carbocycles. The molecule has 0 aliphatic carbocycles. The zero-order valence-corrected chi connectivity index (χ0v) is 14.7. The molecule has 1 saturated heterocycles. The van der Waals surface area contributed by atoms with Gasteiger partial charge in [-0.25, -0.2) is 22.0 Å². The first kappa shape index (κ1) is 19.6. The van der Waals surface area contributed by atoms with Crippen LogP contribution in [0.3, 0.4) is 0 Å². The Kier molecular flexibility index (Phi) is 5.99. The molecule has 2 nitrogen and oxygen atoms in total. The van der Waals surface area contributed by atoms with Gasteiger partial charge in [-0.3, -0.25) is 0 Å². The largest absolute Gasteiger partial charge is 0.487 e. The lowest BCUT2D eigenvalue weighted by Gasteiger charge is -2.29. The summed E-state index contributed by atoms with van der Waals surface area (Å²) in [6.45, 7) is 2.04. The van der Waals surface area contributed by atoms with Crippen LogP contribution in [0.25, 0.3) is 0 Å². The van der Waals surface area contributed by atoms with E-state index in [-0.39, 0.29) is 24.7 Å². The van der Waals surface area contributed by atoms with Crippen LogP contribution in [0, 0.1) is 35.0 Å². The summed E-state index contributed by atoms with van der Waals surface area (Å²) in [5.41, 5.74) is 0.762. The molecule has 2 unspecified atom stereocenters. The van der Waals surface area contributed by atoms with Crippen molar-refractivity contribution in [3.63, 3.8) is 0 Å². The highest BCUT2D eigenvalue weighted by atomic mass is 19.2. The first-order chi connectivity index (χ1) is 12.9. The van der Waals surface area contributed by atoms with E-state index in [0.717, 1.165) is 12.1 Å². The lowest BCUT2D eigenvalue weighted by Crippen LogP contribution is -2.26. The first-order valence-electron chi connectivity index (χ1n) is 8.75. The number of ether oxygens (including phenoxy) is 2. The average molecular weight is 386 g/mol. The van der Waals surface area contributed by atoms with Crippen molar-refractivity contribution in [2.75, 3.05) is 13.2 Å². The maximum absolute atomic E-state index is 13.9. The molecule has 1 aliphatic heterocycles. The van der Waals surface area contributed by atoms with Crippen LogP contribution in [0.4, 0.5) is 22.0 Å². The monoisotopic (exact) mass is 386 g/mol. The Balaban J connectivity index is 1.58. The Bertz CT molecular complexity index is 770. The number of aryl methyl sites for hydroxylation is 1. The van der Waals surface area contributed by atoms with Gasteiger partial charge in [0.25, 0.3) is 0 Å². The second kappa shape index (κ2) is 8.25. The number of hydrogen-bond acceptors (Lipinski definition) is 2. The summed E-state index contributed by atoms with van der Waals surface area (Å²) < 4.78 is 78.5. The van der Waals surface area contributed by atoms with E-state index in [1.807, 2.05) is 0 Å². The van der Waals surface area contributed by atoms with Crippen molar-refractivity contribution in [3.05, 3.63) is 64.5 Å². The standard InChI is InChI=1S/C20H19F5O2/c1-2-11-5-16(23)20(17(24)6-11)27-10-12-3-4-18(26-9-12)13-7-14(21)19(25)15(22)8-13/h5-8,12,18H,2-4,9-10H2,1H3. The van der Waals surface area contributed by atoms with Crippen molar-refractivity contribution >= 4 is 0 Å². The fourth-order valence-corrected chi connectivity index (χ4v) is 3.12. The fourth-order valence-electron chi connectivity index (χ4n) is 3.12. The molecule has 0 spiro atoms. The lowest BCUT2D eigenvalue weighted by molar-refractivity contribution is -0.0294. The summed E-state index contributed by atoms with van der Waals surface area (Å²) in [6, 6.07) is 4.31. The first-order valence-corrected chi connectivity index (χ1v) is 8.75. The van der Waals surface area contributed by atoms with Gasteiger partial charge in [-0.2, -0.15) is 0 Å². The van der Waals surface area contributed by atoms with Gasteiger partial charge in [0.2, 0.25) is 0 Å². The normalized spacial score (nSPS) is 19.9. The molecule has 1 heterocycles. The van der Waals surface area contributed by atoms with Crippen LogP contribution in [0.15, 0.2) is 24.3 Å². The molecule has 146 valence electrons. The molecule has 27 heavy (non-hydrogen) atoms. The highest BCUT2D eigenvalue weighted by molar-refractivity contribution is 5.31. The van der Waals surface area contributed by atoms with Crippen molar-refractivity contribution in [2.24, 2.45) is 5.92 Å². The van der Waals surface area contributed by atoms with Gasteiger partial charge in [-0.05, 0) is 54.7 Å². The van der Waals surface area contributed by atoms with E-state index in [9.17, 15) is 22.0 Å². The molecular weight excluding hydrogens is 367 g/mol. The predicted molar refractivity (Wildman–Crippen MR) is 89.0 cm³/mol. The zero-order chi connectivity index (χ0) is 19.6. The third-order valence-corrected chi connectivity index (χ3v) is 4.68. The van der Waals surface area contributed by atoms with Gasteiger partial charge < -0.3 is 9.47 Å². The van der Waals surface area contributed by atoms with E-state index in [2.05, 4.69) is 0 Å². The summed E-state index contributed by atoms with van der Waals surface area (Å²) in [4.78, 5) is 0. The van der Waals surface area contributed by atoms with Crippen LogP contribution in [-0.4, -0.2) is 13.2 Å². The smallest absolute Gasteiger partial charge is 0.194 e. The minimum atomic E-state index is -1.51. The molecule has 2 atom stereocenters. The molecule has 1 aliphatic rings.